The number of Topliss-reactive ketones (excluding diaryl/α,β-unsaturated/α-hetero) is 1. The number of rotatable bonds is 0. The first-order valence-electron chi connectivity index (χ1n) is 1.91. The van der Waals surface area contributed by atoms with Crippen LogP contribution >= 0.6 is 0 Å². The molecule has 32 valence electrons. The second-order valence-electron chi connectivity index (χ2n) is 1.40. The van der Waals surface area contributed by atoms with Gasteiger partial charge in [0.1, 0.15) is 0 Å². The van der Waals surface area contributed by atoms with E-state index in [-0.39, 0.29) is 5.78 Å². The van der Waals surface area contributed by atoms with Crippen molar-refractivity contribution in [2.75, 3.05) is 0 Å². The maximum Gasteiger partial charge on any atom is 0.176 e. The molecule has 1 aliphatic carbocycles. The zero-order chi connectivity index (χ0) is 4.57. The van der Waals surface area contributed by atoms with E-state index in [1.807, 2.05) is 0 Å². The average molecular weight is 83.1 g/mol. The number of ketones is 1. The molecule has 0 radical (unpaired) electrons. The van der Waals surface area contributed by atoms with Crippen LogP contribution in [0.15, 0.2) is 0 Å². The Morgan fingerprint density at radius 3 is 2.00 bits per heavy atom. The smallest absolute Gasteiger partial charge is 0.176 e. The molecule has 1 aliphatic rings. The molecule has 0 aromatic rings. The van der Waals surface area contributed by atoms with E-state index in [9.17, 15) is 4.79 Å². The highest BCUT2D eigenvalue weighted by atomic mass is 16.1. The fourth-order valence-electron chi connectivity index (χ4n) is 0.352. The Labute approximate surface area is 35.7 Å². The normalized spacial score (nSPS) is 20.7. The lowest BCUT2D eigenvalue weighted by Crippen LogP contribution is -2.23. The van der Waals surface area contributed by atoms with Crippen LogP contribution in [0.4, 0.5) is 0 Å². The van der Waals surface area contributed by atoms with Crippen molar-refractivity contribution in [3.63, 3.8) is 0 Å². The SMILES string of the molecule is N=C1CCC1=O. The van der Waals surface area contributed by atoms with Crippen LogP contribution in [-0.4, -0.2) is 11.5 Å². The van der Waals surface area contributed by atoms with E-state index in [0.29, 0.717) is 18.6 Å². The molecule has 0 aromatic carbocycles. The lowest BCUT2D eigenvalue weighted by molar-refractivity contribution is -0.114. The summed E-state index contributed by atoms with van der Waals surface area (Å²) >= 11 is 0. The quantitative estimate of drug-likeness (QED) is 0.451. The van der Waals surface area contributed by atoms with Crippen molar-refractivity contribution in [2.45, 2.75) is 12.8 Å². The molecule has 0 aliphatic heterocycles. The van der Waals surface area contributed by atoms with Crippen LogP contribution in [0.3, 0.4) is 0 Å². The third kappa shape index (κ3) is 0.263. The van der Waals surface area contributed by atoms with E-state index in [2.05, 4.69) is 0 Å². The summed E-state index contributed by atoms with van der Waals surface area (Å²) in [7, 11) is 0. The molecule has 0 amide bonds. The highest BCUT2D eigenvalue weighted by Gasteiger charge is 2.18. The summed E-state index contributed by atoms with van der Waals surface area (Å²) in [6.07, 6.45) is 1.32. The Morgan fingerprint density at radius 2 is 2.00 bits per heavy atom. The van der Waals surface area contributed by atoms with Crippen molar-refractivity contribution in [3.8, 4) is 0 Å². The molecule has 2 nitrogen and oxygen atoms in total. The summed E-state index contributed by atoms with van der Waals surface area (Å²) in [6.45, 7) is 0. The van der Waals surface area contributed by atoms with Gasteiger partial charge in [0, 0.05) is 6.42 Å². The molecule has 1 rings (SSSR count). The number of hydrogen-bond donors (Lipinski definition) is 1. The molecule has 0 bridgehead atoms. The summed E-state index contributed by atoms with van der Waals surface area (Å²) in [6, 6.07) is 0. The van der Waals surface area contributed by atoms with Crippen LogP contribution in [0.5, 0.6) is 0 Å². The number of carbonyl (C=O) groups excluding carboxylic acids is 1. The van der Waals surface area contributed by atoms with Gasteiger partial charge < -0.3 is 5.41 Å². The Morgan fingerprint density at radius 1 is 1.50 bits per heavy atom. The first-order valence-corrected chi connectivity index (χ1v) is 1.91. The highest BCUT2D eigenvalue weighted by Crippen LogP contribution is 2.06. The van der Waals surface area contributed by atoms with Crippen LogP contribution in [0.1, 0.15) is 12.8 Å². The zero-order valence-electron chi connectivity index (χ0n) is 3.32. The van der Waals surface area contributed by atoms with Gasteiger partial charge in [-0.25, -0.2) is 0 Å². The molecule has 0 heterocycles. The van der Waals surface area contributed by atoms with Gasteiger partial charge in [0.15, 0.2) is 5.78 Å². The minimum absolute atomic E-state index is 0.0231. The zero-order valence-corrected chi connectivity index (χ0v) is 3.32. The Bertz CT molecular complexity index is 92.1. The third-order valence-electron chi connectivity index (χ3n) is 0.939. The molecule has 1 saturated carbocycles. The van der Waals surface area contributed by atoms with Gasteiger partial charge in [-0.05, 0) is 6.42 Å². The van der Waals surface area contributed by atoms with Gasteiger partial charge in [0.05, 0.1) is 5.71 Å². The van der Waals surface area contributed by atoms with E-state index in [1.54, 1.807) is 0 Å². The van der Waals surface area contributed by atoms with Crippen LogP contribution in [0.2, 0.25) is 0 Å². The highest BCUT2D eigenvalue weighted by molar-refractivity contribution is 6.44. The third-order valence-corrected chi connectivity index (χ3v) is 0.939. The van der Waals surface area contributed by atoms with Crippen LogP contribution in [0, 0.1) is 5.41 Å². The Hall–Kier alpha value is -0.660. The predicted octanol–water partition coefficient (Wildman–Crippen LogP) is 0.369. The molecule has 2 heteroatoms. The number of nitrogens with one attached hydrogen (secondary N) is 1. The van der Waals surface area contributed by atoms with Crippen molar-refractivity contribution in [2.24, 2.45) is 0 Å². The monoisotopic (exact) mass is 83.0 g/mol. The fraction of sp³-hybridized carbons (Fsp3) is 0.500. The number of carbonyl (C=O) groups is 1. The molecule has 1 fully saturated rings. The van der Waals surface area contributed by atoms with Gasteiger partial charge in [0.2, 0.25) is 0 Å². The Kier molecular flexibility index (Phi) is 0.528. The summed E-state index contributed by atoms with van der Waals surface area (Å²) in [4.78, 5) is 10.0. The van der Waals surface area contributed by atoms with E-state index < -0.39 is 0 Å². The molecule has 0 atom stereocenters. The lowest BCUT2D eigenvalue weighted by atomic mass is 9.96. The molecule has 0 unspecified atom stereocenters. The summed E-state index contributed by atoms with van der Waals surface area (Å²) in [5.74, 6) is 0.0231. The number of hydrogen-bond acceptors (Lipinski definition) is 2. The topological polar surface area (TPSA) is 40.9 Å². The maximum absolute atomic E-state index is 10.0. The molecular weight excluding hydrogens is 78.0 g/mol. The summed E-state index contributed by atoms with van der Waals surface area (Å²) in [5.41, 5.74) is 0.301. The first-order chi connectivity index (χ1) is 2.80. The first kappa shape index (κ1) is 3.53. The van der Waals surface area contributed by atoms with Gasteiger partial charge >= 0.3 is 0 Å². The second-order valence-corrected chi connectivity index (χ2v) is 1.40. The predicted molar refractivity (Wildman–Crippen MR) is 22.0 cm³/mol. The molecule has 0 spiro atoms. The van der Waals surface area contributed by atoms with Crippen LogP contribution in [-0.2, 0) is 4.79 Å². The molecule has 1 N–H and O–H groups in total. The van der Waals surface area contributed by atoms with Gasteiger partial charge in [0.25, 0.3) is 0 Å². The van der Waals surface area contributed by atoms with Crippen molar-refractivity contribution in [1.82, 2.24) is 0 Å². The Balaban J connectivity index is 2.61. The summed E-state index contributed by atoms with van der Waals surface area (Å²) in [5, 5.41) is 6.69. The molecule has 0 saturated heterocycles. The minimum atomic E-state index is 0.0231. The average Bonchev–Trinajstić information content (AvgIpc) is 1.61. The van der Waals surface area contributed by atoms with E-state index in [4.69, 9.17) is 5.41 Å². The lowest BCUT2D eigenvalue weighted by Gasteiger charge is -2.08. The molecule has 0 aromatic heterocycles. The molecular formula is C4H5NO. The molecule has 6 heavy (non-hydrogen) atoms. The summed E-state index contributed by atoms with van der Waals surface area (Å²) < 4.78 is 0. The van der Waals surface area contributed by atoms with Crippen LogP contribution < -0.4 is 0 Å². The van der Waals surface area contributed by atoms with Gasteiger partial charge in [-0.2, -0.15) is 0 Å². The van der Waals surface area contributed by atoms with Crippen molar-refractivity contribution in [1.29, 1.82) is 5.41 Å². The van der Waals surface area contributed by atoms with Crippen molar-refractivity contribution in [3.05, 3.63) is 0 Å². The minimum Gasteiger partial charge on any atom is -0.302 e. The van der Waals surface area contributed by atoms with Crippen molar-refractivity contribution >= 4 is 11.5 Å². The van der Waals surface area contributed by atoms with E-state index >= 15 is 0 Å². The van der Waals surface area contributed by atoms with Gasteiger partial charge in [-0.3, -0.25) is 4.79 Å². The van der Waals surface area contributed by atoms with Gasteiger partial charge in [-0.15, -0.1) is 0 Å². The maximum atomic E-state index is 10.0. The van der Waals surface area contributed by atoms with E-state index in [0.717, 1.165) is 0 Å². The van der Waals surface area contributed by atoms with Crippen molar-refractivity contribution < 1.29 is 4.79 Å². The van der Waals surface area contributed by atoms with Crippen LogP contribution in [0.25, 0.3) is 0 Å². The second kappa shape index (κ2) is 0.899. The standard InChI is InChI=1S/C4H5NO/c5-3-1-2-4(3)6/h5H,1-2H2. The van der Waals surface area contributed by atoms with E-state index in [1.165, 1.54) is 0 Å². The van der Waals surface area contributed by atoms with Gasteiger partial charge in [-0.1, -0.05) is 0 Å². The largest absolute Gasteiger partial charge is 0.302 e. The fourth-order valence-corrected chi connectivity index (χ4v) is 0.352.